The van der Waals surface area contributed by atoms with Crippen LogP contribution < -0.4 is 0 Å². The number of ketones is 1. The van der Waals surface area contributed by atoms with Crippen molar-refractivity contribution in [3.63, 3.8) is 0 Å². The molecule has 148 valence electrons. The monoisotopic (exact) mass is 381 g/mol. The van der Waals surface area contributed by atoms with Crippen LogP contribution in [0.2, 0.25) is 0 Å². The second-order valence-electron chi connectivity index (χ2n) is 10.6. The van der Waals surface area contributed by atoms with Gasteiger partial charge in [-0.2, -0.15) is 5.26 Å². The third-order valence-corrected chi connectivity index (χ3v) is 9.87. The SMILES string of the molecule is C[C@]12CCC(=O)C=C1C[C@@H](C#N)[C@H]1[C@@H]3CC[C@@]4(CCC(=O)O4)[C@@]3(C)C[C@H]3O[C@@]132. The molecular weight excluding hydrogens is 354 g/mol. The van der Waals surface area contributed by atoms with Gasteiger partial charge in [-0.15, -0.1) is 0 Å². The summed E-state index contributed by atoms with van der Waals surface area (Å²) in [6.45, 7) is 4.57. The highest BCUT2D eigenvalue weighted by Gasteiger charge is 2.83. The molecule has 0 aromatic rings. The Balaban J connectivity index is 1.48. The van der Waals surface area contributed by atoms with Gasteiger partial charge in [0.15, 0.2) is 5.78 Å². The van der Waals surface area contributed by atoms with Gasteiger partial charge in [-0.1, -0.05) is 19.4 Å². The molecule has 0 amide bonds. The van der Waals surface area contributed by atoms with Gasteiger partial charge in [-0.3, -0.25) is 9.59 Å². The Labute approximate surface area is 165 Å². The molecule has 0 aromatic carbocycles. The average Bonchev–Trinajstić information content (AvgIpc) is 3.14. The highest BCUT2D eigenvalue weighted by molar-refractivity contribution is 5.92. The van der Waals surface area contributed by atoms with Gasteiger partial charge >= 0.3 is 5.97 Å². The smallest absolute Gasteiger partial charge is 0.306 e. The van der Waals surface area contributed by atoms with Gasteiger partial charge < -0.3 is 9.47 Å². The third kappa shape index (κ3) is 1.66. The topological polar surface area (TPSA) is 79.7 Å². The van der Waals surface area contributed by atoms with Crippen molar-refractivity contribution in [1.29, 1.82) is 5.26 Å². The lowest BCUT2D eigenvalue weighted by Gasteiger charge is -2.58. The van der Waals surface area contributed by atoms with E-state index >= 15 is 0 Å². The van der Waals surface area contributed by atoms with E-state index in [1.807, 2.05) is 6.08 Å². The number of hydrogen-bond acceptors (Lipinski definition) is 5. The zero-order valence-corrected chi connectivity index (χ0v) is 16.6. The van der Waals surface area contributed by atoms with Crippen molar-refractivity contribution >= 4 is 11.8 Å². The van der Waals surface area contributed by atoms with E-state index in [1.54, 1.807) is 0 Å². The Morgan fingerprint density at radius 3 is 2.71 bits per heavy atom. The van der Waals surface area contributed by atoms with Crippen LogP contribution in [-0.2, 0) is 19.1 Å². The molecule has 2 aliphatic heterocycles. The average molecular weight is 381 g/mol. The number of nitriles is 1. The molecule has 2 saturated heterocycles. The van der Waals surface area contributed by atoms with E-state index < -0.39 is 0 Å². The van der Waals surface area contributed by atoms with E-state index in [4.69, 9.17) is 9.47 Å². The summed E-state index contributed by atoms with van der Waals surface area (Å²) in [5.41, 5.74) is 0.194. The lowest BCUT2D eigenvalue weighted by Crippen LogP contribution is -2.62. The van der Waals surface area contributed by atoms with Crippen molar-refractivity contribution in [2.75, 3.05) is 0 Å². The number of fused-ring (bicyclic) bond motifs is 4. The lowest BCUT2D eigenvalue weighted by atomic mass is 9.44. The highest BCUT2D eigenvalue weighted by atomic mass is 16.6. The molecule has 5 fully saturated rings. The van der Waals surface area contributed by atoms with Gasteiger partial charge in [0, 0.05) is 29.6 Å². The Hall–Kier alpha value is -1.67. The first-order valence-corrected chi connectivity index (χ1v) is 10.8. The molecule has 0 aromatic heterocycles. The number of ether oxygens (including phenoxy) is 2. The minimum Gasteiger partial charge on any atom is -0.458 e. The quantitative estimate of drug-likeness (QED) is 0.474. The Morgan fingerprint density at radius 2 is 2.00 bits per heavy atom. The Kier molecular flexibility index (Phi) is 3.01. The number of esters is 1. The van der Waals surface area contributed by atoms with Gasteiger partial charge in [-0.25, -0.2) is 0 Å². The molecule has 4 aliphatic carbocycles. The summed E-state index contributed by atoms with van der Waals surface area (Å²) in [7, 11) is 0. The van der Waals surface area contributed by atoms with E-state index in [0.717, 1.165) is 37.7 Å². The minimum absolute atomic E-state index is 0.0705. The molecule has 6 aliphatic rings. The van der Waals surface area contributed by atoms with Crippen LogP contribution in [-0.4, -0.2) is 29.1 Å². The molecule has 0 unspecified atom stereocenters. The zero-order chi connectivity index (χ0) is 19.5. The van der Waals surface area contributed by atoms with Crippen LogP contribution in [0.1, 0.15) is 65.2 Å². The highest BCUT2D eigenvalue weighted by Crippen LogP contribution is 2.78. The van der Waals surface area contributed by atoms with Crippen molar-refractivity contribution in [1.82, 2.24) is 0 Å². The number of rotatable bonds is 0. The maximum absolute atomic E-state index is 12.1. The number of hydrogen-bond donors (Lipinski definition) is 0. The molecule has 0 bridgehead atoms. The second kappa shape index (κ2) is 4.90. The summed E-state index contributed by atoms with van der Waals surface area (Å²) in [6, 6.07) is 2.60. The molecule has 2 heterocycles. The first kappa shape index (κ1) is 17.2. The standard InChI is InChI=1S/C23H27NO4/c1-20-6-3-15(25)10-14(20)9-13(12-24)19-16-4-7-22(8-5-18(26)28-22)21(16,2)11-17-23(19,20)27-17/h10,13,16-17,19H,3-9,11H2,1-2H3/t13-,16-,17+,19-,20-,21-,22+,23+/m0/s1. The minimum atomic E-state index is -0.369. The summed E-state index contributed by atoms with van der Waals surface area (Å²) in [5, 5.41) is 10.1. The molecular formula is C23H27NO4. The molecule has 0 N–H and O–H groups in total. The summed E-state index contributed by atoms with van der Waals surface area (Å²) in [6.07, 6.45) is 8.13. The van der Waals surface area contributed by atoms with Crippen molar-refractivity contribution < 1.29 is 19.1 Å². The first-order valence-electron chi connectivity index (χ1n) is 10.8. The molecule has 2 spiro atoms. The van der Waals surface area contributed by atoms with Crippen LogP contribution in [0.5, 0.6) is 0 Å². The molecule has 0 radical (unpaired) electrons. The van der Waals surface area contributed by atoms with Crippen LogP contribution in [0.25, 0.3) is 0 Å². The van der Waals surface area contributed by atoms with E-state index in [1.165, 1.54) is 0 Å². The Morgan fingerprint density at radius 1 is 1.18 bits per heavy atom. The molecule has 5 heteroatoms. The number of nitrogens with zero attached hydrogens (tertiary/aromatic N) is 1. The summed E-state index contributed by atoms with van der Waals surface area (Å²) in [5.74, 6) is 0.480. The van der Waals surface area contributed by atoms with E-state index in [9.17, 15) is 14.9 Å². The molecule has 6 rings (SSSR count). The van der Waals surface area contributed by atoms with Gasteiger partial charge in [-0.05, 0) is 50.5 Å². The van der Waals surface area contributed by atoms with Gasteiger partial charge in [0.05, 0.1) is 18.1 Å². The van der Waals surface area contributed by atoms with E-state index in [-0.39, 0.29) is 51.7 Å². The largest absolute Gasteiger partial charge is 0.458 e. The summed E-state index contributed by atoms with van der Waals surface area (Å²) in [4.78, 5) is 24.2. The summed E-state index contributed by atoms with van der Waals surface area (Å²) >= 11 is 0. The fourth-order valence-corrected chi connectivity index (χ4v) is 8.43. The maximum atomic E-state index is 12.1. The van der Waals surface area contributed by atoms with Crippen LogP contribution in [0.4, 0.5) is 0 Å². The van der Waals surface area contributed by atoms with Crippen molar-refractivity contribution in [3.05, 3.63) is 11.6 Å². The fraction of sp³-hybridized carbons (Fsp3) is 0.783. The number of epoxide rings is 1. The summed E-state index contributed by atoms with van der Waals surface area (Å²) < 4.78 is 12.6. The Bertz CT molecular complexity index is 888. The van der Waals surface area contributed by atoms with Gasteiger partial charge in [0.1, 0.15) is 11.2 Å². The predicted octanol–water partition coefficient (Wildman–Crippen LogP) is 3.48. The fourth-order valence-electron chi connectivity index (χ4n) is 8.43. The molecule has 8 atom stereocenters. The third-order valence-electron chi connectivity index (χ3n) is 9.87. The van der Waals surface area contributed by atoms with E-state index in [0.29, 0.717) is 25.2 Å². The van der Waals surface area contributed by atoms with Crippen LogP contribution in [0.15, 0.2) is 11.6 Å². The maximum Gasteiger partial charge on any atom is 0.306 e. The van der Waals surface area contributed by atoms with Gasteiger partial charge in [0.2, 0.25) is 0 Å². The number of carbonyl (C=O) groups is 2. The van der Waals surface area contributed by atoms with Crippen LogP contribution in [0, 0.1) is 39.9 Å². The normalized spacial score (nSPS) is 56.1. The number of carbonyl (C=O) groups excluding carboxylic acids is 2. The first-order chi connectivity index (χ1) is 13.3. The van der Waals surface area contributed by atoms with Crippen molar-refractivity contribution in [3.8, 4) is 6.07 Å². The second-order valence-corrected chi connectivity index (χ2v) is 10.6. The molecule has 3 saturated carbocycles. The molecule has 28 heavy (non-hydrogen) atoms. The predicted molar refractivity (Wildman–Crippen MR) is 98.8 cm³/mol. The lowest BCUT2D eigenvalue weighted by molar-refractivity contribution is -0.165. The van der Waals surface area contributed by atoms with Crippen molar-refractivity contribution in [2.45, 2.75) is 82.5 Å². The van der Waals surface area contributed by atoms with Crippen LogP contribution >= 0.6 is 0 Å². The molecule has 5 nitrogen and oxygen atoms in total. The van der Waals surface area contributed by atoms with E-state index in [2.05, 4.69) is 19.9 Å². The zero-order valence-electron chi connectivity index (χ0n) is 16.6. The van der Waals surface area contributed by atoms with Crippen molar-refractivity contribution in [2.24, 2.45) is 28.6 Å². The van der Waals surface area contributed by atoms with Gasteiger partial charge in [0.25, 0.3) is 0 Å². The van der Waals surface area contributed by atoms with Crippen LogP contribution in [0.3, 0.4) is 0 Å².